The van der Waals surface area contributed by atoms with Gasteiger partial charge < -0.3 is 15.2 Å². The molecule has 4 nitrogen and oxygen atoms in total. The number of aryl methyl sites for hydroxylation is 1. The number of benzene rings is 1. The third-order valence-electron chi connectivity index (χ3n) is 2.93. The van der Waals surface area contributed by atoms with Crippen LogP contribution in [0.2, 0.25) is 10.0 Å². The van der Waals surface area contributed by atoms with Crippen molar-refractivity contribution in [1.29, 1.82) is 0 Å². The Hall–Kier alpha value is -1.65. The Bertz CT molecular complexity index is 632. The number of nitrogens with two attached hydrogens (primary N) is 1. The molecule has 0 saturated heterocycles. The zero-order valence-electron chi connectivity index (χ0n) is 11.2. The molecule has 0 bridgehead atoms. The number of anilines is 1. The van der Waals surface area contributed by atoms with Gasteiger partial charge in [0.2, 0.25) is 0 Å². The van der Waals surface area contributed by atoms with Gasteiger partial charge in [-0.15, -0.1) is 0 Å². The lowest BCUT2D eigenvalue weighted by Crippen LogP contribution is -2.27. The lowest BCUT2D eigenvalue weighted by atomic mass is 10.2. The van der Waals surface area contributed by atoms with E-state index in [0.717, 1.165) is 5.56 Å². The molecule has 6 heteroatoms. The van der Waals surface area contributed by atoms with Crippen molar-refractivity contribution in [3.05, 3.63) is 51.8 Å². The largest absolute Gasteiger partial charge is 0.397 e. The summed E-state index contributed by atoms with van der Waals surface area (Å²) < 4.78 is 1.71. The molecule has 0 unspecified atom stereocenters. The Kier molecular flexibility index (Phi) is 4.26. The summed E-state index contributed by atoms with van der Waals surface area (Å²) in [5.74, 6) is -0.111. The normalized spacial score (nSPS) is 10.6. The minimum atomic E-state index is -0.111. The van der Waals surface area contributed by atoms with E-state index in [0.29, 0.717) is 28.0 Å². The van der Waals surface area contributed by atoms with Crippen LogP contribution in [-0.4, -0.2) is 22.4 Å². The van der Waals surface area contributed by atoms with Crippen LogP contribution in [0.1, 0.15) is 16.1 Å². The second kappa shape index (κ2) is 5.77. The highest BCUT2D eigenvalue weighted by atomic mass is 35.5. The lowest BCUT2D eigenvalue weighted by molar-refractivity contribution is 0.0775. The van der Waals surface area contributed by atoms with Crippen molar-refractivity contribution in [3.8, 4) is 0 Å². The zero-order valence-corrected chi connectivity index (χ0v) is 12.7. The van der Waals surface area contributed by atoms with Crippen molar-refractivity contribution in [3.63, 3.8) is 0 Å². The fourth-order valence-electron chi connectivity index (χ4n) is 2.05. The first kappa shape index (κ1) is 14.8. The van der Waals surface area contributed by atoms with Crippen LogP contribution in [0.25, 0.3) is 0 Å². The minimum Gasteiger partial charge on any atom is -0.397 e. The monoisotopic (exact) mass is 311 g/mol. The number of carbonyl (C=O) groups excluding carboxylic acids is 1. The average molecular weight is 312 g/mol. The van der Waals surface area contributed by atoms with E-state index in [4.69, 9.17) is 28.9 Å². The molecule has 1 heterocycles. The van der Waals surface area contributed by atoms with Crippen LogP contribution in [0.3, 0.4) is 0 Å². The molecular weight excluding hydrogens is 297 g/mol. The molecule has 1 aromatic heterocycles. The highest BCUT2D eigenvalue weighted by molar-refractivity contribution is 6.34. The third kappa shape index (κ3) is 3.26. The third-order valence-corrected chi connectivity index (χ3v) is 3.37. The van der Waals surface area contributed by atoms with Gasteiger partial charge >= 0.3 is 0 Å². The maximum atomic E-state index is 12.3. The van der Waals surface area contributed by atoms with Gasteiger partial charge in [-0.05, 0) is 29.8 Å². The van der Waals surface area contributed by atoms with Crippen LogP contribution in [-0.2, 0) is 13.6 Å². The van der Waals surface area contributed by atoms with Gasteiger partial charge in [-0.25, -0.2) is 0 Å². The molecule has 0 aliphatic carbocycles. The first-order valence-electron chi connectivity index (χ1n) is 5.99. The summed E-state index contributed by atoms with van der Waals surface area (Å²) >= 11 is 11.9. The van der Waals surface area contributed by atoms with Crippen LogP contribution in [0.15, 0.2) is 30.5 Å². The van der Waals surface area contributed by atoms with Crippen molar-refractivity contribution in [2.45, 2.75) is 6.54 Å². The van der Waals surface area contributed by atoms with E-state index in [-0.39, 0.29) is 5.91 Å². The number of nitrogens with zero attached hydrogens (tertiary/aromatic N) is 2. The topological polar surface area (TPSA) is 51.3 Å². The first-order chi connectivity index (χ1) is 9.36. The van der Waals surface area contributed by atoms with Crippen molar-refractivity contribution in [2.24, 2.45) is 7.05 Å². The van der Waals surface area contributed by atoms with Gasteiger partial charge in [-0.2, -0.15) is 0 Å². The van der Waals surface area contributed by atoms with Gasteiger partial charge in [0.15, 0.2) is 0 Å². The molecule has 2 N–H and O–H groups in total. The number of amides is 1. The van der Waals surface area contributed by atoms with Crippen LogP contribution >= 0.6 is 23.2 Å². The van der Waals surface area contributed by atoms with Crippen LogP contribution in [0.5, 0.6) is 0 Å². The standard InChI is InChI=1S/C14H15Cl2N3O/c1-18-8-12(17)6-13(18)14(20)19(2)7-9-3-10(15)5-11(16)4-9/h3-6,8H,7,17H2,1-2H3. The number of carbonyl (C=O) groups is 1. The lowest BCUT2D eigenvalue weighted by Gasteiger charge is -2.18. The highest BCUT2D eigenvalue weighted by Crippen LogP contribution is 2.20. The number of rotatable bonds is 3. The van der Waals surface area contributed by atoms with E-state index >= 15 is 0 Å². The molecule has 0 fully saturated rings. The van der Waals surface area contributed by atoms with Gasteiger partial charge in [0.25, 0.3) is 5.91 Å². The second-order valence-electron chi connectivity index (χ2n) is 4.71. The summed E-state index contributed by atoms with van der Waals surface area (Å²) in [5.41, 5.74) is 7.66. The molecule has 2 aromatic rings. The average Bonchev–Trinajstić information content (AvgIpc) is 2.66. The fourth-order valence-corrected chi connectivity index (χ4v) is 2.62. The molecule has 1 amide bonds. The minimum absolute atomic E-state index is 0.111. The highest BCUT2D eigenvalue weighted by Gasteiger charge is 2.16. The molecule has 0 aliphatic rings. The van der Waals surface area contributed by atoms with E-state index in [9.17, 15) is 4.79 Å². The van der Waals surface area contributed by atoms with E-state index in [1.807, 2.05) is 0 Å². The van der Waals surface area contributed by atoms with Crippen LogP contribution < -0.4 is 5.73 Å². The van der Waals surface area contributed by atoms with Gasteiger partial charge in [0, 0.05) is 36.9 Å². The summed E-state index contributed by atoms with van der Waals surface area (Å²) in [4.78, 5) is 13.9. The second-order valence-corrected chi connectivity index (χ2v) is 5.58. The van der Waals surface area contributed by atoms with E-state index in [1.165, 1.54) is 0 Å². The summed E-state index contributed by atoms with van der Waals surface area (Å²) in [6.07, 6.45) is 1.71. The number of nitrogen functional groups attached to an aromatic ring is 1. The van der Waals surface area contributed by atoms with Crippen molar-refractivity contribution in [2.75, 3.05) is 12.8 Å². The molecule has 0 spiro atoms. The quantitative estimate of drug-likeness (QED) is 0.946. The Balaban J connectivity index is 2.17. The zero-order chi connectivity index (χ0) is 14.9. The molecule has 0 radical (unpaired) electrons. The Morgan fingerprint density at radius 1 is 1.25 bits per heavy atom. The number of aromatic nitrogens is 1. The summed E-state index contributed by atoms with van der Waals surface area (Å²) in [5, 5.41) is 1.10. The molecule has 106 valence electrons. The fraction of sp³-hybridized carbons (Fsp3) is 0.214. The van der Waals surface area contributed by atoms with Crippen molar-refractivity contribution >= 4 is 34.8 Å². The summed E-state index contributed by atoms with van der Waals surface area (Å²) in [6.45, 7) is 0.421. The SMILES string of the molecule is CN(Cc1cc(Cl)cc(Cl)c1)C(=O)c1cc(N)cn1C. The predicted molar refractivity (Wildman–Crippen MR) is 82.1 cm³/mol. The van der Waals surface area contributed by atoms with Crippen molar-refractivity contribution < 1.29 is 4.79 Å². The molecular formula is C14H15Cl2N3O. The van der Waals surface area contributed by atoms with E-state index < -0.39 is 0 Å². The van der Waals surface area contributed by atoms with Crippen LogP contribution in [0, 0.1) is 0 Å². The maximum Gasteiger partial charge on any atom is 0.270 e. The molecule has 0 saturated carbocycles. The molecule has 0 atom stereocenters. The molecule has 1 aromatic carbocycles. The smallest absolute Gasteiger partial charge is 0.270 e. The number of hydrogen-bond acceptors (Lipinski definition) is 2. The van der Waals surface area contributed by atoms with Crippen LogP contribution in [0.4, 0.5) is 5.69 Å². The summed E-state index contributed by atoms with van der Waals surface area (Å²) in [6, 6.07) is 6.89. The van der Waals surface area contributed by atoms with Gasteiger partial charge in [-0.3, -0.25) is 4.79 Å². The number of halogens is 2. The molecule has 20 heavy (non-hydrogen) atoms. The predicted octanol–water partition coefficient (Wildman–Crippen LogP) is 3.19. The van der Waals surface area contributed by atoms with Gasteiger partial charge in [0.05, 0.1) is 5.69 Å². The Morgan fingerprint density at radius 3 is 2.35 bits per heavy atom. The summed E-state index contributed by atoms with van der Waals surface area (Å²) in [7, 11) is 3.51. The van der Waals surface area contributed by atoms with Crippen molar-refractivity contribution in [1.82, 2.24) is 9.47 Å². The maximum absolute atomic E-state index is 12.3. The first-order valence-corrected chi connectivity index (χ1v) is 6.74. The molecule has 0 aliphatic heterocycles. The van der Waals surface area contributed by atoms with Gasteiger partial charge in [-0.1, -0.05) is 23.2 Å². The van der Waals surface area contributed by atoms with E-state index in [2.05, 4.69) is 0 Å². The number of hydrogen-bond donors (Lipinski definition) is 1. The van der Waals surface area contributed by atoms with E-state index in [1.54, 1.807) is 54.0 Å². The Morgan fingerprint density at radius 2 is 1.85 bits per heavy atom. The Labute approximate surface area is 127 Å². The van der Waals surface area contributed by atoms with Gasteiger partial charge in [0.1, 0.15) is 5.69 Å². The molecule has 2 rings (SSSR count).